The lowest BCUT2D eigenvalue weighted by atomic mass is 10.1. The van der Waals surface area contributed by atoms with Gasteiger partial charge in [0.1, 0.15) is 5.75 Å². The molecule has 1 aromatic heterocycles. The van der Waals surface area contributed by atoms with Gasteiger partial charge >= 0.3 is 0 Å². The van der Waals surface area contributed by atoms with Crippen molar-refractivity contribution in [2.24, 2.45) is 0 Å². The second-order valence-electron chi connectivity index (χ2n) is 4.09. The summed E-state index contributed by atoms with van der Waals surface area (Å²) in [6.45, 7) is 2.37. The molecule has 96 valence electrons. The van der Waals surface area contributed by atoms with Gasteiger partial charge in [-0.05, 0) is 47.5 Å². The quantitative estimate of drug-likeness (QED) is 0.892. The fourth-order valence-corrected chi connectivity index (χ4v) is 2.77. The molecule has 0 spiro atoms. The van der Waals surface area contributed by atoms with Crippen molar-refractivity contribution in [1.29, 1.82) is 0 Å². The van der Waals surface area contributed by atoms with E-state index in [-0.39, 0.29) is 0 Å². The third-order valence-electron chi connectivity index (χ3n) is 2.65. The molecule has 2 aromatic rings. The number of aliphatic hydroxyl groups excluding tert-OH is 1. The number of hydrogen-bond donors (Lipinski definition) is 1. The molecule has 1 aromatic carbocycles. The Kier molecular flexibility index (Phi) is 4.80. The van der Waals surface area contributed by atoms with Gasteiger partial charge in [-0.2, -0.15) is 11.3 Å². The first kappa shape index (κ1) is 13.6. The summed E-state index contributed by atoms with van der Waals surface area (Å²) >= 11 is 5.09. The highest BCUT2D eigenvalue weighted by Crippen LogP contribution is 2.28. The van der Waals surface area contributed by atoms with Gasteiger partial charge in [-0.25, -0.2) is 0 Å². The third kappa shape index (κ3) is 3.57. The summed E-state index contributed by atoms with van der Waals surface area (Å²) in [7, 11) is 0. The average Bonchev–Trinajstić information content (AvgIpc) is 2.84. The van der Waals surface area contributed by atoms with Gasteiger partial charge in [-0.1, -0.05) is 15.9 Å². The number of hydrogen-bond acceptors (Lipinski definition) is 3. The molecule has 0 aliphatic carbocycles. The first-order valence-electron chi connectivity index (χ1n) is 5.78. The summed E-state index contributed by atoms with van der Waals surface area (Å²) in [5.74, 6) is 0.753. The fraction of sp³-hybridized carbons (Fsp3) is 0.286. The lowest BCUT2D eigenvalue weighted by molar-refractivity contribution is 0.191. The zero-order valence-electron chi connectivity index (χ0n) is 10.1. The van der Waals surface area contributed by atoms with Crippen molar-refractivity contribution >= 4 is 27.3 Å². The van der Waals surface area contributed by atoms with Crippen LogP contribution in [0, 0.1) is 0 Å². The minimum Gasteiger partial charge on any atom is -0.493 e. The molecule has 0 fully saturated rings. The second kappa shape index (κ2) is 6.36. The second-order valence-corrected chi connectivity index (χ2v) is 5.78. The van der Waals surface area contributed by atoms with Gasteiger partial charge in [0.05, 0.1) is 12.7 Å². The highest BCUT2D eigenvalue weighted by molar-refractivity contribution is 9.10. The number of halogens is 1. The van der Waals surface area contributed by atoms with Crippen LogP contribution in [0.25, 0.3) is 0 Å². The predicted octanol–water partition coefficient (Wildman–Crippen LogP) is 4.19. The van der Waals surface area contributed by atoms with E-state index in [2.05, 4.69) is 32.8 Å². The molecule has 0 radical (unpaired) electrons. The Labute approximate surface area is 119 Å². The van der Waals surface area contributed by atoms with Crippen LogP contribution in [0.15, 0.2) is 39.5 Å². The summed E-state index contributed by atoms with van der Waals surface area (Å²) in [5, 5.41) is 13.9. The van der Waals surface area contributed by atoms with E-state index in [0.717, 1.165) is 22.2 Å². The molecule has 18 heavy (non-hydrogen) atoms. The Morgan fingerprint density at radius 3 is 2.89 bits per heavy atom. The van der Waals surface area contributed by atoms with Gasteiger partial charge in [0.25, 0.3) is 0 Å². The van der Waals surface area contributed by atoms with Crippen LogP contribution < -0.4 is 4.74 Å². The summed E-state index contributed by atoms with van der Waals surface area (Å²) in [6.07, 6.45) is 0.359. The van der Waals surface area contributed by atoms with E-state index in [9.17, 15) is 5.11 Å². The van der Waals surface area contributed by atoms with Crippen molar-refractivity contribution in [2.45, 2.75) is 19.4 Å². The van der Waals surface area contributed by atoms with Crippen molar-refractivity contribution in [3.8, 4) is 5.75 Å². The van der Waals surface area contributed by atoms with Gasteiger partial charge in [-0.3, -0.25) is 0 Å². The summed E-state index contributed by atoms with van der Waals surface area (Å²) in [6, 6.07) is 7.81. The standard InChI is InChI=1S/C14H15BrO2S/c1-10(16)13-8-12(15)2-3-14(13)17-6-4-11-5-7-18-9-11/h2-3,5,7-10,16H,4,6H2,1H3/t10-/m1/s1. The molecule has 1 atom stereocenters. The first-order valence-corrected chi connectivity index (χ1v) is 7.52. The topological polar surface area (TPSA) is 29.5 Å². The van der Waals surface area contributed by atoms with Crippen LogP contribution in [-0.2, 0) is 6.42 Å². The molecule has 0 amide bonds. The largest absolute Gasteiger partial charge is 0.493 e. The number of rotatable bonds is 5. The summed E-state index contributed by atoms with van der Waals surface area (Å²) < 4.78 is 6.70. The Hall–Kier alpha value is -0.840. The maximum atomic E-state index is 9.71. The maximum absolute atomic E-state index is 9.71. The SMILES string of the molecule is C[C@@H](O)c1cc(Br)ccc1OCCc1ccsc1. The summed E-state index contributed by atoms with van der Waals surface area (Å²) in [4.78, 5) is 0. The number of benzene rings is 1. The van der Waals surface area contributed by atoms with Crippen LogP contribution in [-0.4, -0.2) is 11.7 Å². The lowest BCUT2D eigenvalue weighted by Crippen LogP contribution is -2.04. The molecule has 0 bridgehead atoms. The molecule has 0 unspecified atom stereocenters. The van der Waals surface area contributed by atoms with Gasteiger partial charge < -0.3 is 9.84 Å². The van der Waals surface area contributed by atoms with Gasteiger partial charge in [0, 0.05) is 16.5 Å². The zero-order valence-corrected chi connectivity index (χ0v) is 12.5. The van der Waals surface area contributed by atoms with E-state index in [1.807, 2.05) is 18.2 Å². The fourth-order valence-electron chi connectivity index (χ4n) is 1.69. The molecule has 0 aliphatic rings. The lowest BCUT2D eigenvalue weighted by Gasteiger charge is -2.13. The molecular weight excluding hydrogens is 312 g/mol. The smallest absolute Gasteiger partial charge is 0.125 e. The van der Waals surface area contributed by atoms with Crippen molar-refractivity contribution < 1.29 is 9.84 Å². The zero-order chi connectivity index (χ0) is 13.0. The van der Waals surface area contributed by atoms with E-state index in [4.69, 9.17) is 4.74 Å². The average molecular weight is 327 g/mol. The number of ether oxygens (including phenoxy) is 1. The van der Waals surface area contributed by atoms with E-state index in [1.165, 1.54) is 5.56 Å². The van der Waals surface area contributed by atoms with E-state index in [1.54, 1.807) is 18.3 Å². The van der Waals surface area contributed by atoms with E-state index < -0.39 is 6.10 Å². The van der Waals surface area contributed by atoms with Crippen molar-refractivity contribution in [2.75, 3.05) is 6.61 Å². The van der Waals surface area contributed by atoms with Gasteiger partial charge in [0.15, 0.2) is 0 Å². The normalized spacial score (nSPS) is 12.4. The van der Waals surface area contributed by atoms with Gasteiger partial charge in [0.2, 0.25) is 0 Å². The maximum Gasteiger partial charge on any atom is 0.125 e. The van der Waals surface area contributed by atoms with Crippen LogP contribution in [0.4, 0.5) is 0 Å². The van der Waals surface area contributed by atoms with Crippen molar-refractivity contribution in [3.63, 3.8) is 0 Å². The Bertz CT molecular complexity index is 495. The van der Waals surface area contributed by atoms with Crippen molar-refractivity contribution in [3.05, 3.63) is 50.6 Å². The highest BCUT2D eigenvalue weighted by atomic mass is 79.9. The molecule has 1 N–H and O–H groups in total. The molecule has 0 saturated heterocycles. The van der Waals surface area contributed by atoms with Crippen LogP contribution in [0.1, 0.15) is 24.2 Å². The minimum atomic E-state index is -0.529. The van der Waals surface area contributed by atoms with Crippen LogP contribution in [0.2, 0.25) is 0 Å². The highest BCUT2D eigenvalue weighted by Gasteiger charge is 2.09. The van der Waals surface area contributed by atoms with Crippen LogP contribution >= 0.6 is 27.3 Å². The van der Waals surface area contributed by atoms with Gasteiger partial charge in [-0.15, -0.1) is 0 Å². The molecular formula is C14H15BrO2S. The monoisotopic (exact) mass is 326 g/mol. The molecule has 2 rings (SSSR count). The molecule has 1 heterocycles. The Morgan fingerprint density at radius 2 is 2.22 bits per heavy atom. The molecule has 2 nitrogen and oxygen atoms in total. The third-order valence-corrected chi connectivity index (χ3v) is 3.88. The van der Waals surface area contributed by atoms with E-state index >= 15 is 0 Å². The molecule has 0 aliphatic heterocycles. The molecule has 4 heteroatoms. The van der Waals surface area contributed by atoms with Crippen molar-refractivity contribution in [1.82, 2.24) is 0 Å². The first-order chi connectivity index (χ1) is 8.66. The number of aliphatic hydroxyl groups is 1. The number of thiophene rings is 1. The summed E-state index contributed by atoms with van der Waals surface area (Å²) in [5.41, 5.74) is 2.10. The minimum absolute atomic E-state index is 0.529. The Morgan fingerprint density at radius 1 is 1.39 bits per heavy atom. The van der Waals surface area contributed by atoms with Crippen LogP contribution in [0.5, 0.6) is 5.75 Å². The van der Waals surface area contributed by atoms with E-state index in [0.29, 0.717) is 6.61 Å². The Balaban J connectivity index is 2.00. The van der Waals surface area contributed by atoms with Crippen LogP contribution in [0.3, 0.4) is 0 Å². The molecule has 0 saturated carbocycles. The predicted molar refractivity (Wildman–Crippen MR) is 78.3 cm³/mol.